The van der Waals surface area contributed by atoms with Gasteiger partial charge in [0.15, 0.2) is 0 Å². The Morgan fingerprint density at radius 1 is 1.10 bits per heavy atom. The molecule has 2 aromatic rings. The summed E-state index contributed by atoms with van der Waals surface area (Å²) < 4.78 is 39.1. The minimum atomic E-state index is -4.62. The molecule has 29 heavy (non-hydrogen) atoms. The Labute approximate surface area is 164 Å². The lowest BCUT2D eigenvalue weighted by Crippen LogP contribution is -2.38. The molecule has 2 aromatic carbocycles. The molecule has 0 aromatic heterocycles. The molecule has 1 N–H and O–H groups in total. The zero-order valence-corrected chi connectivity index (χ0v) is 15.4. The molecule has 0 saturated carbocycles. The van der Waals surface area contributed by atoms with Crippen LogP contribution in [0.25, 0.3) is 0 Å². The fraction of sp³-hybridized carbons (Fsp3) is 0.263. The summed E-state index contributed by atoms with van der Waals surface area (Å²) in [5.74, 6) is -1.19. The lowest BCUT2D eigenvalue weighted by molar-refractivity contribution is -0.384. The minimum absolute atomic E-state index is 0.0990. The van der Waals surface area contributed by atoms with Gasteiger partial charge in [-0.2, -0.15) is 13.2 Å². The summed E-state index contributed by atoms with van der Waals surface area (Å²) in [4.78, 5) is 35.9. The number of non-ortho nitro benzene ring substituents is 1. The second-order valence-corrected chi connectivity index (χ2v) is 6.10. The van der Waals surface area contributed by atoms with Crippen molar-refractivity contribution in [2.75, 3.05) is 18.4 Å². The number of alkyl halides is 3. The molecule has 7 nitrogen and oxygen atoms in total. The summed E-state index contributed by atoms with van der Waals surface area (Å²) in [5.41, 5.74) is -0.962. The first kappa shape index (κ1) is 21.9. The molecule has 0 unspecified atom stereocenters. The monoisotopic (exact) mass is 409 g/mol. The first-order chi connectivity index (χ1) is 13.6. The summed E-state index contributed by atoms with van der Waals surface area (Å²) in [5, 5.41) is 12.9. The molecule has 0 bridgehead atoms. The lowest BCUT2D eigenvalue weighted by Gasteiger charge is -2.21. The van der Waals surface area contributed by atoms with Crippen molar-refractivity contribution in [3.8, 4) is 0 Å². The van der Waals surface area contributed by atoms with E-state index >= 15 is 0 Å². The molecule has 0 aliphatic rings. The smallest absolute Gasteiger partial charge is 0.333 e. The van der Waals surface area contributed by atoms with E-state index in [0.717, 1.165) is 12.1 Å². The average molecular weight is 409 g/mol. The van der Waals surface area contributed by atoms with Crippen LogP contribution in [0.4, 0.5) is 24.5 Å². The van der Waals surface area contributed by atoms with E-state index < -0.39 is 35.0 Å². The first-order valence-electron chi connectivity index (χ1n) is 8.59. The molecule has 0 aliphatic heterocycles. The van der Waals surface area contributed by atoms with E-state index in [-0.39, 0.29) is 24.3 Å². The van der Waals surface area contributed by atoms with Crippen molar-refractivity contribution >= 4 is 23.2 Å². The summed E-state index contributed by atoms with van der Waals surface area (Å²) in [6.07, 6.45) is -4.72. The zero-order chi connectivity index (χ0) is 21.6. The minimum Gasteiger partial charge on any atom is -0.333 e. The van der Waals surface area contributed by atoms with Crippen molar-refractivity contribution in [2.24, 2.45) is 0 Å². The SMILES string of the molecule is CCN(CC(=O)Nc1ccccc1C(F)(F)F)C(=O)Cc1ccc([N+](=O)[O-])cc1. The number of carbonyl (C=O) groups excluding carboxylic acids is 2. The molecule has 0 atom stereocenters. The molecule has 0 saturated heterocycles. The third-order valence-corrected chi connectivity index (χ3v) is 4.08. The van der Waals surface area contributed by atoms with Gasteiger partial charge in [0, 0.05) is 18.7 Å². The van der Waals surface area contributed by atoms with Gasteiger partial charge in [-0.3, -0.25) is 19.7 Å². The van der Waals surface area contributed by atoms with Crippen molar-refractivity contribution in [1.29, 1.82) is 0 Å². The quantitative estimate of drug-likeness (QED) is 0.558. The van der Waals surface area contributed by atoms with Crippen molar-refractivity contribution in [3.63, 3.8) is 0 Å². The van der Waals surface area contributed by atoms with Crippen LogP contribution in [0.15, 0.2) is 48.5 Å². The maximum atomic E-state index is 13.0. The molecule has 0 spiro atoms. The Balaban J connectivity index is 2.03. The number of nitrogens with zero attached hydrogens (tertiary/aromatic N) is 2. The van der Waals surface area contributed by atoms with Crippen molar-refractivity contribution in [2.45, 2.75) is 19.5 Å². The number of benzene rings is 2. The van der Waals surface area contributed by atoms with Gasteiger partial charge in [0.2, 0.25) is 11.8 Å². The predicted molar refractivity (Wildman–Crippen MR) is 99.1 cm³/mol. The summed E-state index contributed by atoms with van der Waals surface area (Å²) in [6, 6.07) is 9.96. The number of nitro benzene ring substituents is 1. The number of hydrogen-bond donors (Lipinski definition) is 1. The number of nitro groups is 1. The highest BCUT2D eigenvalue weighted by molar-refractivity contribution is 5.95. The Kier molecular flexibility index (Phi) is 6.92. The fourth-order valence-corrected chi connectivity index (χ4v) is 2.60. The number of amides is 2. The second-order valence-electron chi connectivity index (χ2n) is 6.10. The Bertz CT molecular complexity index is 898. The molecular formula is C19H18F3N3O4. The maximum Gasteiger partial charge on any atom is 0.418 e. The lowest BCUT2D eigenvalue weighted by atomic mass is 10.1. The third kappa shape index (κ3) is 6.03. The number of carbonyl (C=O) groups is 2. The van der Waals surface area contributed by atoms with E-state index in [1.54, 1.807) is 6.92 Å². The zero-order valence-electron chi connectivity index (χ0n) is 15.4. The van der Waals surface area contributed by atoms with Crippen LogP contribution < -0.4 is 5.32 Å². The van der Waals surface area contributed by atoms with Gasteiger partial charge in [0.1, 0.15) is 0 Å². The first-order valence-corrected chi connectivity index (χ1v) is 8.59. The van der Waals surface area contributed by atoms with Gasteiger partial charge in [-0.15, -0.1) is 0 Å². The van der Waals surface area contributed by atoms with E-state index in [9.17, 15) is 32.9 Å². The van der Waals surface area contributed by atoms with Crippen LogP contribution in [0.1, 0.15) is 18.1 Å². The standard InChI is InChI=1S/C19H18F3N3O4/c1-2-24(18(27)11-13-7-9-14(10-8-13)25(28)29)12-17(26)23-16-6-4-3-5-15(16)19(20,21)22/h3-10H,2,11-12H2,1H3,(H,23,26). The molecule has 0 radical (unpaired) electrons. The van der Waals surface area contributed by atoms with Crippen LogP contribution in [0, 0.1) is 10.1 Å². The fourth-order valence-electron chi connectivity index (χ4n) is 2.60. The van der Waals surface area contributed by atoms with Gasteiger partial charge in [-0.05, 0) is 24.6 Å². The topological polar surface area (TPSA) is 92.6 Å². The van der Waals surface area contributed by atoms with Gasteiger partial charge in [-0.1, -0.05) is 24.3 Å². The van der Waals surface area contributed by atoms with Crippen LogP contribution in [-0.2, 0) is 22.2 Å². The molecule has 2 amide bonds. The summed E-state index contributed by atoms with van der Waals surface area (Å²) in [6.45, 7) is 1.37. The van der Waals surface area contributed by atoms with Gasteiger partial charge < -0.3 is 10.2 Å². The average Bonchev–Trinajstić information content (AvgIpc) is 2.66. The molecule has 0 aliphatic carbocycles. The molecule has 10 heteroatoms. The molecule has 0 heterocycles. The number of likely N-dealkylation sites (N-methyl/N-ethyl adjacent to an activating group) is 1. The van der Waals surface area contributed by atoms with E-state index in [2.05, 4.69) is 5.32 Å². The largest absolute Gasteiger partial charge is 0.418 e. The maximum absolute atomic E-state index is 13.0. The van der Waals surface area contributed by atoms with Gasteiger partial charge >= 0.3 is 6.18 Å². The Hall–Kier alpha value is -3.43. The van der Waals surface area contributed by atoms with Crippen LogP contribution in [0.2, 0.25) is 0 Å². The predicted octanol–water partition coefficient (Wildman–Crippen LogP) is 3.64. The molecule has 0 fully saturated rings. The highest BCUT2D eigenvalue weighted by Crippen LogP contribution is 2.34. The summed E-state index contributed by atoms with van der Waals surface area (Å²) >= 11 is 0. The Morgan fingerprint density at radius 3 is 2.28 bits per heavy atom. The molecule has 2 rings (SSSR count). The van der Waals surface area contributed by atoms with E-state index in [0.29, 0.717) is 5.56 Å². The normalized spacial score (nSPS) is 11.0. The van der Waals surface area contributed by atoms with E-state index in [1.165, 1.54) is 41.3 Å². The number of nitrogens with one attached hydrogen (secondary N) is 1. The van der Waals surface area contributed by atoms with E-state index in [4.69, 9.17) is 0 Å². The summed E-state index contributed by atoms with van der Waals surface area (Å²) in [7, 11) is 0. The van der Waals surface area contributed by atoms with Crippen molar-refractivity contribution in [1.82, 2.24) is 4.90 Å². The number of rotatable bonds is 7. The number of anilines is 1. The number of para-hydroxylation sites is 1. The highest BCUT2D eigenvalue weighted by atomic mass is 19.4. The number of hydrogen-bond acceptors (Lipinski definition) is 4. The van der Waals surface area contributed by atoms with Crippen molar-refractivity contribution < 1.29 is 27.7 Å². The van der Waals surface area contributed by atoms with Crippen LogP contribution in [-0.4, -0.2) is 34.7 Å². The van der Waals surface area contributed by atoms with Crippen LogP contribution in [0.3, 0.4) is 0 Å². The van der Waals surface area contributed by atoms with E-state index in [1.807, 2.05) is 0 Å². The molecular weight excluding hydrogens is 391 g/mol. The Morgan fingerprint density at radius 2 is 1.72 bits per heavy atom. The highest BCUT2D eigenvalue weighted by Gasteiger charge is 2.33. The second kappa shape index (κ2) is 9.18. The third-order valence-electron chi connectivity index (χ3n) is 4.08. The van der Waals surface area contributed by atoms with Gasteiger partial charge in [0.25, 0.3) is 5.69 Å². The number of halogens is 3. The van der Waals surface area contributed by atoms with Crippen LogP contribution in [0.5, 0.6) is 0 Å². The van der Waals surface area contributed by atoms with Gasteiger partial charge in [0.05, 0.1) is 29.1 Å². The van der Waals surface area contributed by atoms with Gasteiger partial charge in [-0.25, -0.2) is 0 Å². The van der Waals surface area contributed by atoms with Crippen LogP contribution >= 0.6 is 0 Å². The molecule has 154 valence electrons. The van der Waals surface area contributed by atoms with Crippen molar-refractivity contribution in [3.05, 3.63) is 69.8 Å².